The molecule has 1 N–H and O–H groups in total. The number of carbonyl (C=O) groups is 1. The Labute approximate surface area is 81.5 Å². The molecule has 13 heavy (non-hydrogen) atoms. The topological polar surface area (TPSA) is 37.3 Å². The van der Waals surface area contributed by atoms with Gasteiger partial charge in [-0.1, -0.05) is 29.8 Å². The Balaban J connectivity index is 3.02. The molecule has 0 saturated heterocycles. The van der Waals surface area contributed by atoms with Crippen molar-refractivity contribution in [2.45, 2.75) is 6.92 Å². The third-order valence-corrected chi connectivity index (χ3v) is 2.14. The Bertz CT molecular complexity index is 356. The van der Waals surface area contributed by atoms with Crippen molar-refractivity contribution in [1.29, 1.82) is 0 Å². The van der Waals surface area contributed by atoms with Gasteiger partial charge in [0.2, 0.25) is 0 Å². The number of benzene rings is 1. The first kappa shape index (κ1) is 9.81. The molecule has 0 saturated carbocycles. The summed E-state index contributed by atoms with van der Waals surface area (Å²) in [4.78, 5) is 10.2. The highest BCUT2D eigenvalue weighted by Crippen LogP contribution is 2.21. The molecule has 0 heterocycles. The van der Waals surface area contributed by atoms with E-state index in [-0.39, 0.29) is 0 Å². The van der Waals surface area contributed by atoms with E-state index >= 15 is 0 Å². The lowest BCUT2D eigenvalue weighted by molar-refractivity contribution is -0.131. The second kappa shape index (κ2) is 4.10. The van der Waals surface area contributed by atoms with E-state index in [9.17, 15) is 4.79 Å². The van der Waals surface area contributed by atoms with E-state index in [1.54, 1.807) is 6.07 Å². The third kappa shape index (κ3) is 2.60. The summed E-state index contributed by atoms with van der Waals surface area (Å²) < 4.78 is 0. The number of aryl methyl sites for hydroxylation is 1. The minimum atomic E-state index is -0.974. The van der Waals surface area contributed by atoms with Crippen molar-refractivity contribution in [1.82, 2.24) is 0 Å². The van der Waals surface area contributed by atoms with Gasteiger partial charge in [0.1, 0.15) is 0 Å². The molecule has 0 bridgehead atoms. The van der Waals surface area contributed by atoms with Crippen LogP contribution in [0.15, 0.2) is 24.3 Å². The molecule has 0 amide bonds. The fraction of sp³-hybridized carbons (Fsp3) is 0.100. The van der Waals surface area contributed by atoms with Crippen LogP contribution in [0.25, 0.3) is 6.08 Å². The van der Waals surface area contributed by atoms with Crippen LogP contribution in [-0.4, -0.2) is 11.1 Å². The SMILES string of the molecule is Cc1cccc(/C=C/C(=O)O)c1Cl. The summed E-state index contributed by atoms with van der Waals surface area (Å²) in [5.74, 6) is -0.974. The maximum absolute atomic E-state index is 10.2. The quantitative estimate of drug-likeness (QED) is 0.739. The van der Waals surface area contributed by atoms with Crippen LogP contribution in [0, 0.1) is 6.92 Å². The maximum atomic E-state index is 10.2. The van der Waals surface area contributed by atoms with Crippen LogP contribution < -0.4 is 0 Å². The van der Waals surface area contributed by atoms with Gasteiger partial charge in [-0.25, -0.2) is 4.79 Å². The average Bonchev–Trinajstić information content (AvgIpc) is 2.07. The molecule has 0 aliphatic heterocycles. The number of carboxylic acid groups (broad SMARTS) is 1. The lowest BCUT2D eigenvalue weighted by Gasteiger charge is -2.00. The summed E-state index contributed by atoms with van der Waals surface area (Å²) in [6, 6.07) is 5.48. The van der Waals surface area contributed by atoms with E-state index in [0.717, 1.165) is 17.2 Å². The van der Waals surface area contributed by atoms with E-state index < -0.39 is 5.97 Å². The molecule has 0 unspecified atom stereocenters. The largest absolute Gasteiger partial charge is 0.478 e. The lowest BCUT2D eigenvalue weighted by atomic mass is 10.1. The molecule has 0 spiro atoms. The first-order valence-corrected chi connectivity index (χ1v) is 4.15. The molecule has 1 aromatic carbocycles. The van der Waals surface area contributed by atoms with Gasteiger partial charge in [0, 0.05) is 6.08 Å². The molecule has 1 aromatic rings. The number of aliphatic carboxylic acids is 1. The fourth-order valence-corrected chi connectivity index (χ4v) is 1.15. The molecule has 2 nitrogen and oxygen atoms in total. The van der Waals surface area contributed by atoms with Crippen LogP contribution in [-0.2, 0) is 4.79 Å². The van der Waals surface area contributed by atoms with Gasteiger partial charge >= 0.3 is 5.97 Å². The molecule has 0 aliphatic rings. The van der Waals surface area contributed by atoms with E-state index in [4.69, 9.17) is 16.7 Å². The van der Waals surface area contributed by atoms with Crippen LogP contribution in [0.5, 0.6) is 0 Å². The standard InChI is InChI=1S/C10H9ClO2/c1-7-3-2-4-8(10(7)11)5-6-9(12)13/h2-6H,1H3,(H,12,13)/b6-5+. The molecular weight excluding hydrogens is 188 g/mol. The molecule has 0 aromatic heterocycles. The van der Waals surface area contributed by atoms with Gasteiger partial charge in [0.25, 0.3) is 0 Å². The van der Waals surface area contributed by atoms with Crippen LogP contribution >= 0.6 is 11.6 Å². The van der Waals surface area contributed by atoms with Crippen molar-refractivity contribution in [2.75, 3.05) is 0 Å². The Hall–Kier alpha value is -1.28. The molecule has 0 atom stereocenters. The summed E-state index contributed by atoms with van der Waals surface area (Å²) in [6.45, 7) is 1.88. The lowest BCUT2D eigenvalue weighted by Crippen LogP contribution is -1.86. The smallest absolute Gasteiger partial charge is 0.328 e. The Morgan fingerprint density at radius 3 is 2.85 bits per heavy atom. The summed E-state index contributed by atoms with van der Waals surface area (Å²) in [5.41, 5.74) is 1.67. The molecule has 3 heteroatoms. The predicted octanol–water partition coefficient (Wildman–Crippen LogP) is 2.75. The van der Waals surface area contributed by atoms with Crippen LogP contribution in [0.4, 0.5) is 0 Å². The van der Waals surface area contributed by atoms with E-state index in [1.165, 1.54) is 6.08 Å². The zero-order chi connectivity index (χ0) is 9.84. The number of carboxylic acids is 1. The van der Waals surface area contributed by atoms with Gasteiger partial charge in [0.15, 0.2) is 0 Å². The summed E-state index contributed by atoms with van der Waals surface area (Å²) in [6.07, 6.45) is 2.55. The summed E-state index contributed by atoms with van der Waals surface area (Å²) >= 11 is 5.93. The minimum Gasteiger partial charge on any atom is -0.478 e. The van der Waals surface area contributed by atoms with Gasteiger partial charge in [-0.2, -0.15) is 0 Å². The van der Waals surface area contributed by atoms with Crippen molar-refractivity contribution >= 4 is 23.6 Å². The maximum Gasteiger partial charge on any atom is 0.328 e. The predicted molar refractivity (Wildman–Crippen MR) is 52.9 cm³/mol. The van der Waals surface area contributed by atoms with Gasteiger partial charge in [-0.15, -0.1) is 0 Å². The zero-order valence-electron chi connectivity index (χ0n) is 7.12. The molecule has 0 radical (unpaired) electrons. The van der Waals surface area contributed by atoms with Crippen LogP contribution in [0.1, 0.15) is 11.1 Å². The van der Waals surface area contributed by atoms with Crippen molar-refractivity contribution < 1.29 is 9.90 Å². The van der Waals surface area contributed by atoms with Crippen molar-refractivity contribution in [3.63, 3.8) is 0 Å². The Kier molecular flexibility index (Phi) is 3.09. The molecule has 0 aliphatic carbocycles. The number of hydrogen-bond donors (Lipinski definition) is 1. The van der Waals surface area contributed by atoms with E-state index in [0.29, 0.717) is 5.02 Å². The molecule has 0 fully saturated rings. The monoisotopic (exact) mass is 196 g/mol. The first-order valence-electron chi connectivity index (χ1n) is 3.77. The minimum absolute atomic E-state index is 0.597. The Morgan fingerprint density at radius 1 is 1.54 bits per heavy atom. The van der Waals surface area contributed by atoms with Crippen molar-refractivity contribution in [2.24, 2.45) is 0 Å². The van der Waals surface area contributed by atoms with Crippen LogP contribution in [0.2, 0.25) is 5.02 Å². The highest BCUT2D eigenvalue weighted by atomic mass is 35.5. The van der Waals surface area contributed by atoms with Gasteiger partial charge < -0.3 is 5.11 Å². The van der Waals surface area contributed by atoms with Crippen molar-refractivity contribution in [3.8, 4) is 0 Å². The molecule has 68 valence electrons. The number of halogens is 1. The zero-order valence-corrected chi connectivity index (χ0v) is 7.88. The van der Waals surface area contributed by atoms with E-state index in [2.05, 4.69) is 0 Å². The van der Waals surface area contributed by atoms with E-state index in [1.807, 2.05) is 19.1 Å². The number of rotatable bonds is 2. The Morgan fingerprint density at radius 2 is 2.23 bits per heavy atom. The highest BCUT2D eigenvalue weighted by Gasteiger charge is 1.98. The number of hydrogen-bond acceptors (Lipinski definition) is 1. The van der Waals surface area contributed by atoms with Crippen LogP contribution in [0.3, 0.4) is 0 Å². The highest BCUT2D eigenvalue weighted by molar-refractivity contribution is 6.32. The molecule has 1 rings (SSSR count). The summed E-state index contributed by atoms with van der Waals surface area (Å²) in [5, 5.41) is 9.00. The first-order chi connectivity index (χ1) is 6.11. The van der Waals surface area contributed by atoms with Crippen molar-refractivity contribution in [3.05, 3.63) is 40.4 Å². The average molecular weight is 197 g/mol. The normalized spacial score (nSPS) is 10.6. The van der Waals surface area contributed by atoms with Gasteiger partial charge in [-0.05, 0) is 24.1 Å². The van der Waals surface area contributed by atoms with Gasteiger partial charge in [0.05, 0.1) is 5.02 Å². The van der Waals surface area contributed by atoms with Gasteiger partial charge in [-0.3, -0.25) is 0 Å². The third-order valence-electron chi connectivity index (χ3n) is 1.63. The second-order valence-electron chi connectivity index (χ2n) is 2.65. The second-order valence-corrected chi connectivity index (χ2v) is 3.03. The molecular formula is C10H9ClO2. The fourth-order valence-electron chi connectivity index (χ4n) is 0.960. The summed E-state index contributed by atoms with van der Waals surface area (Å²) in [7, 11) is 0.